The highest BCUT2D eigenvalue weighted by molar-refractivity contribution is 9.10. The summed E-state index contributed by atoms with van der Waals surface area (Å²) >= 11 is 4.99. The first-order valence-corrected chi connectivity index (χ1v) is 10.1. The van der Waals surface area contributed by atoms with Gasteiger partial charge in [0, 0.05) is 26.3 Å². The van der Waals surface area contributed by atoms with E-state index in [1.165, 1.54) is 6.33 Å². The molecular weight excluding hydrogens is 438 g/mol. The molecule has 2 aromatic carbocycles. The van der Waals surface area contributed by atoms with Crippen molar-refractivity contribution in [3.05, 3.63) is 76.2 Å². The average molecular weight is 454 g/mol. The largest absolute Gasteiger partial charge is 0.322 e. The van der Waals surface area contributed by atoms with Crippen LogP contribution in [0.3, 0.4) is 0 Å². The molecule has 0 saturated heterocycles. The molecule has 4 aromatic rings. The second-order valence-electron chi connectivity index (χ2n) is 6.16. The summed E-state index contributed by atoms with van der Waals surface area (Å²) in [7, 11) is 0. The minimum atomic E-state index is -0.155. The van der Waals surface area contributed by atoms with E-state index in [9.17, 15) is 4.79 Å². The summed E-state index contributed by atoms with van der Waals surface area (Å²) in [5, 5.41) is 8.17. The Morgan fingerprint density at radius 1 is 1.11 bits per heavy atom. The fourth-order valence-corrected chi connectivity index (χ4v) is 4.16. The molecule has 2 aromatic heterocycles. The molecule has 2 heterocycles. The molecule has 0 atom stereocenters. The van der Waals surface area contributed by atoms with Crippen LogP contribution in [0.15, 0.2) is 69.3 Å². The third kappa shape index (κ3) is 3.65. The fourth-order valence-electron chi connectivity index (χ4n) is 2.68. The van der Waals surface area contributed by atoms with E-state index in [2.05, 4.69) is 36.3 Å². The summed E-state index contributed by atoms with van der Waals surface area (Å²) in [6.45, 7) is 3.99. The molecule has 0 spiro atoms. The molecule has 0 unspecified atom stereocenters. The van der Waals surface area contributed by atoms with Crippen LogP contribution in [0.2, 0.25) is 0 Å². The van der Waals surface area contributed by atoms with Crippen molar-refractivity contribution in [1.29, 1.82) is 0 Å². The topological polar surface area (TPSA) is 72.2 Å². The van der Waals surface area contributed by atoms with Crippen molar-refractivity contribution in [3.8, 4) is 0 Å². The Hall–Kier alpha value is -2.71. The first-order valence-electron chi connectivity index (χ1n) is 8.53. The van der Waals surface area contributed by atoms with Gasteiger partial charge in [-0.05, 0) is 66.2 Å². The number of carbonyl (C=O) groups is 1. The molecule has 4 rings (SSSR count). The minimum absolute atomic E-state index is 0.155. The van der Waals surface area contributed by atoms with Gasteiger partial charge in [-0.25, -0.2) is 4.98 Å². The first-order chi connectivity index (χ1) is 13.5. The summed E-state index contributed by atoms with van der Waals surface area (Å²) in [5.41, 5.74) is 3.32. The number of carbonyl (C=O) groups excluding carboxylic acids is 1. The third-order valence-corrected chi connectivity index (χ3v) is 6.17. The van der Waals surface area contributed by atoms with E-state index in [4.69, 9.17) is 0 Å². The molecule has 140 valence electrons. The predicted octanol–water partition coefficient (Wildman–Crippen LogP) is 4.91. The van der Waals surface area contributed by atoms with Crippen molar-refractivity contribution >= 4 is 45.1 Å². The summed E-state index contributed by atoms with van der Waals surface area (Å²) in [6.07, 6.45) is 1.51. The standard InChI is InChI=1S/C20H16BrN5OS/c1-12-13(2)24-20-22-11-23-26(20)19(12)28-15-9-7-14(8-10-15)25-18(27)16-5-3-4-6-17(16)21/h3-11H,1-2H3,(H,25,27). The maximum Gasteiger partial charge on any atom is 0.256 e. The number of rotatable bonds is 4. The normalized spacial score (nSPS) is 11.0. The Labute approximate surface area is 174 Å². The highest BCUT2D eigenvalue weighted by atomic mass is 79.9. The Kier molecular flexibility index (Phi) is 5.15. The van der Waals surface area contributed by atoms with Gasteiger partial charge < -0.3 is 5.32 Å². The molecule has 8 heteroatoms. The molecule has 0 aliphatic rings. The molecule has 6 nitrogen and oxygen atoms in total. The number of amides is 1. The van der Waals surface area contributed by atoms with E-state index in [1.54, 1.807) is 22.3 Å². The Morgan fingerprint density at radius 2 is 1.86 bits per heavy atom. The van der Waals surface area contributed by atoms with Crippen molar-refractivity contribution in [1.82, 2.24) is 19.6 Å². The van der Waals surface area contributed by atoms with Gasteiger partial charge in [0.05, 0.1) is 5.56 Å². The first kappa shape index (κ1) is 18.6. The molecule has 0 saturated carbocycles. The molecule has 0 aliphatic carbocycles. The quantitative estimate of drug-likeness (QED) is 0.444. The number of nitrogens with zero attached hydrogens (tertiary/aromatic N) is 4. The molecule has 0 fully saturated rings. The second-order valence-corrected chi connectivity index (χ2v) is 8.08. The summed E-state index contributed by atoms with van der Waals surface area (Å²) < 4.78 is 2.51. The van der Waals surface area contributed by atoms with Crippen LogP contribution in [0, 0.1) is 13.8 Å². The van der Waals surface area contributed by atoms with E-state index >= 15 is 0 Å². The van der Waals surface area contributed by atoms with Crippen molar-refractivity contribution in [2.75, 3.05) is 5.32 Å². The number of fused-ring (bicyclic) bond motifs is 1. The molecule has 1 amide bonds. The van der Waals surface area contributed by atoms with Gasteiger partial charge in [-0.2, -0.15) is 14.6 Å². The summed E-state index contributed by atoms with van der Waals surface area (Å²) in [6, 6.07) is 15.1. The van der Waals surface area contributed by atoms with Gasteiger partial charge in [0.25, 0.3) is 11.7 Å². The van der Waals surface area contributed by atoms with E-state index in [0.717, 1.165) is 31.3 Å². The number of anilines is 1. The number of nitrogens with one attached hydrogen (secondary N) is 1. The number of hydrogen-bond acceptors (Lipinski definition) is 5. The van der Waals surface area contributed by atoms with Gasteiger partial charge in [0.1, 0.15) is 11.4 Å². The van der Waals surface area contributed by atoms with Crippen LogP contribution in [0.4, 0.5) is 5.69 Å². The molecule has 0 aliphatic heterocycles. The van der Waals surface area contributed by atoms with Crippen molar-refractivity contribution in [2.24, 2.45) is 0 Å². The zero-order valence-electron chi connectivity index (χ0n) is 15.2. The van der Waals surface area contributed by atoms with E-state index in [0.29, 0.717) is 11.3 Å². The second kappa shape index (κ2) is 7.73. The van der Waals surface area contributed by atoms with Crippen molar-refractivity contribution in [2.45, 2.75) is 23.8 Å². The van der Waals surface area contributed by atoms with Gasteiger partial charge in [-0.1, -0.05) is 23.9 Å². The van der Waals surface area contributed by atoms with E-state index in [1.807, 2.05) is 56.3 Å². The number of hydrogen-bond donors (Lipinski definition) is 1. The summed E-state index contributed by atoms with van der Waals surface area (Å²) in [5.74, 6) is 0.431. The van der Waals surface area contributed by atoms with Crippen LogP contribution >= 0.6 is 27.7 Å². The molecular formula is C20H16BrN5OS. The number of aromatic nitrogens is 4. The molecule has 1 N–H and O–H groups in total. The molecule has 0 radical (unpaired) electrons. The van der Waals surface area contributed by atoms with Crippen LogP contribution in [-0.4, -0.2) is 25.5 Å². The fraction of sp³-hybridized carbons (Fsp3) is 0.100. The Bertz CT molecular complexity index is 1170. The SMILES string of the molecule is Cc1nc2ncnn2c(Sc2ccc(NC(=O)c3ccccc3Br)cc2)c1C. The predicted molar refractivity (Wildman–Crippen MR) is 113 cm³/mol. The number of halogens is 1. The van der Waals surface area contributed by atoms with Crippen LogP contribution < -0.4 is 5.32 Å². The van der Waals surface area contributed by atoms with Gasteiger partial charge in [-0.3, -0.25) is 4.79 Å². The van der Waals surface area contributed by atoms with Crippen molar-refractivity contribution < 1.29 is 4.79 Å². The monoisotopic (exact) mass is 453 g/mol. The lowest BCUT2D eigenvalue weighted by Gasteiger charge is -2.11. The van der Waals surface area contributed by atoms with E-state index in [-0.39, 0.29) is 5.91 Å². The smallest absolute Gasteiger partial charge is 0.256 e. The Morgan fingerprint density at radius 3 is 2.61 bits per heavy atom. The van der Waals surface area contributed by atoms with Crippen LogP contribution in [0.5, 0.6) is 0 Å². The van der Waals surface area contributed by atoms with Gasteiger partial charge in [0.2, 0.25) is 0 Å². The maximum absolute atomic E-state index is 12.4. The lowest BCUT2D eigenvalue weighted by atomic mass is 10.2. The van der Waals surface area contributed by atoms with Crippen molar-refractivity contribution in [3.63, 3.8) is 0 Å². The van der Waals surface area contributed by atoms with E-state index < -0.39 is 0 Å². The zero-order valence-corrected chi connectivity index (χ0v) is 17.6. The number of benzene rings is 2. The highest BCUT2D eigenvalue weighted by Gasteiger charge is 2.13. The zero-order chi connectivity index (χ0) is 19.7. The Balaban J connectivity index is 1.55. The number of aryl methyl sites for hydroxylation is 1. The van der Waals surface area contributed by atoms with Gasteiger partial charge in [0.15, 0.2) is 0 Å². The summed E-state index contributed by atoms with van der Waals surface area (Å²) in [4.78, 5) is 22.1. The lowest BCUT2D eigenvalue weighted by Crippen LogP contribution is -2.12. The molecule has 0 bridgehead atoms. The lowest BCUT2D eigenvalue weighted by molar-refractivity contribution is 0.102. The maximum atomic E-state index is 12.4. The van der Waals surface area contributed by atoms with Gasteiger partial charge in [-0.15, -0.1) is 0 Å². The van der Waals surface area contributed by atoms with Crippen LogP contribution in [0.1, 0.15) is 21.6 Å². The molecule has 28 heavy (non-hydrogen) atoms. The third-order valence-electron chi connectivity index (χ3n) is 4.30. The minimum Gasteiger partial charge on any atom is -0.322 e. The highest BCUT2D eigenvalue weighted by Crippen LogP contribution is 2.32. The van der Waals surface area contributed by atoms with Gasteiger partial charge >= 0.3 is 0 Å². The average Bonchev–Trinajstić information content (AvgIpc) is 3.15. The van der Waals surface area contributed by atoms with Crippen LogP contribution in [0.25, 0.3) is 5.78 Å². The van der Waals surface area contributed by atoms with Crippen LogP contribution in [-0.2, 0) is 0 Å².